The molecule has 0 radical (unpaired) electrons. The molecule has 1 rings (SSSR count). The summed E-state index contributed by atoms with van der Waals surface area (Å²) >= 11 is 0. The van der Waals surface area contributed by atoms with Gasteiger partial charge in [-0.1, -0.05) is 5.92 Å². The molecule has 0 fully saturated rings. The number of hydrogen-bond donors (Lipinski definition) is 3. The second kappa shape index (κ2) is 7.59. The third kappa shape index (κ3) is 5.20. The lowest BCUT2D eigenvalue weighted by Gasteiger charge is -2.12. The van der Waals surface area contributed by atoms with Crippen LogP contribution in [0.2, 0.25) is 0 Å². The summed E-state index contributed by atoms with van der Waals surface area (Å²) in [7, 11) is -3.71. The highest BCUT2D eigenvalue weighted by molar-refractivity contribution is 7.89. The van der Waals surface area contributed by atoms with Crippen LogP contribution in [-0.4, -0.2) is 38.0 Å². The average molecular weight is 324 g/mol. The number of nitrogens with one attached hydrogen (secondary N) is 2. The first kappa shape index (κ1) is 17.7. The van der Waals surface area contributed by atoms with E-state index >= 15 is 0 Å². The van der Waals surface area contributed by atoms with Gasteiger partial charge in [0.25, 0.3) is 5.91 Å². The molecule has 1 atom stereocenters. The molecule has 0 aromatic heterocycles. The van der Waals surface area contributed by atoms with Crippen LogP contribution >= 0.6 is 0 Å². The molecule has 118 valence electrons. The van der Waals surface area contributed by atoms with Gasteiger partial charge in [0.2, 0.25) is 10.0 Å². The highest BCUT2D eigenvalue weighted by Crippen LogP contribution is 2.10. The van der Waals surface area contributed by atoms with Gasteiger partial charge in [0.15, 0.2) is 0 Å². The molecular weight excluding hydrogens is 308 g/mol. The van der Waals surface area contributed by atoms with E-state index in [-0.39, 0.29) is 23.4 Å². The molecule has 0 heterocycles. The molecule has 0 saturated carbocycles. The summed E-state index contributed by atoms with van der Waals surface area (Å²) in [6, 6.07) is 4.69. The van der Waals surface area contributed by atoms with Crippen LogP contribution in [0.1, 0.15) is 23.7 Å². The monoisotopic (exact) mass is 324 g/mol. The fraction of sp³-hybridized carbons (Fsp3) is 0.286. The van der Waals surface area contributed by atoms with Gasteiger partial charge >= 0.3 is 5.97 Å². The Morgan fingerprint density at radius 3 is 2.41 bits per heavy atom. The molecule has 0 aliphatic carbocycles. The molecule has 8 heteroatoms. The number of rotatable bonds is 7. The predicted molar refractivity (Wildman–Crippen MR) is 79.6 cm³/mol. The Bertz CT molecular complexity index is 689. The van der Waals surface area contributed by atoms with Crippen molar-refractivity contribution in [2.24, 2.45) is 0 Å². The molecule has 3 N–H and O–H groups in total. The molecule has 0 saturated heterocycles. The number of carbonyl (C=O) groups excluding carboxylic acids is 1. The molecule has 0 spiro atoms. The zero-order valence-corrected chi connectivity index (χ0v) is 12.7. The summed E-state index contributed by atoms with van der Waals surface area (Å²) < 4.78 is 25.8. The number of terminal acetylenes is 1. The van der Waals surface area contributed by atoms with Crippen molar-refractivity contribution in [2.75, 3.05) is 6.54 Å². The first-order valence-corrected chi connectivity index (χ1v) is 7.80. The minimum absolute atomic E-state index is 0.0158. The van der Waals surface area contributed by atoms with Crippen molar-refractivity contribution in [1.29, 1.82) is 0 Å². The molecule has 1 unspecified atom stereocenters. The van der Waals surface area contributed by atoms with E-state index in [0.29, 0.717) is 0 Å². The molecule has 1 aromatic carbocycles. The minimum Gasteiger partial charge on any atom is -0.481 e. The Morgan fingerprint density at radius 1 is 1.32 bits per heavy atom. The van der Waals surface area contributed by atoms with E-state index in [1.807, 2.05) is 0 Å². The standard InChI is InChI=1S/C14H16N2O5S/c1-3-8-15-22(20,21)12-6-4-11(5-7-12)14(19)16-10(2)9-13(17)18/h1,4-7,10,15H,8-9H2,2H3,(H,16,19)(H,17,18). The summed E-state index contributed by atoms with van der Waals surface area (Å²) in [6.45, 7) is 1.44. The second-order valence-electron chi connectivity index (χ2n) is 4.53. The van der Waals surface area contributed by atoms with Gasteiger partial charge in [0, 0.05) is 11.6 Å². The van der Waals surface area contributed by atoms with Crippen LogP contribution in [0.25, 0.3) is 0 Å². The van der Waals surface area contributed by atoms with E-state index in [9.17, 15) is 18.0 Å². The molecule has 7 nitrogen and oxygen atoms in total. The van der Waals surface area contributed by atoms with E-state index in [1.165, 1.54) is 24.3 Å². The molecule has 0 aliphatic heterocycles. The zero-order valence-electron chi connectivity index (χ0n) is 11.9. The van der Waals surface area contributed by atoms with Crippen molar-refractivity contribution in [1.82, 2.24) is 10.0 Å². The topological polar surface area (TPSA) is 113 Å². The van der Waals surface area contributed by atoms with Crippen molar-refractivity contribution >= 4 is 21.9 Å². The predicted octanol–water partition coefficient (Wildman–Crippen LogP) is 0.191. The van der Waals surface area contributed by atoms with E-state index < -0.39 is 27.9 Å². The first-order valence-electron chi connectivity index (χ1n) is 6.32. The Hall–Kier alpha value is -2.37. The summed E-state index contributed by atoms with van der Waals surface area (Å²) in [4.78, 5) is 22.4. The highest BCUT2D eigenvalue weighted by atomic mass is 32.2. The fourth-order valence-electron chi connectivity index (χ4n) is 1.63. The molecule has 1 aromatic rings. The lowest BCUT2D eigenvalue weighted by atomic mass is 10.2. The van der Waals surface area contributed by atoms with Gasteiger partial charge in [0.1, 0.15) is 0 Å². The van der Waals surface area contributed by atoms with Crippen LogP contribution in [0.15, 0.2) is 29.2 Å². The van der Waals surface area contributed by atoms with Gasteiger partial charge in [0.05, 0.1) is 17.9 Å². The minimum atomic E-state index is -3.71. The number of carbonyl (C=O) groups is 2. The van der Waals surface area contributed by atoms with Crippen LogP contribution in [0, 0.1) is 12.3 Å². The number of hydrogen-bond acceptors (Lipinski definition) is 4. The number of carboxylic acids is 1. The van der Waals surface area contributed by atoms with Crippen molar-refractivity contribution < 1.29 is 23.1 Å². The molecular formula is C14H16N2O5S. The quantitative estimate of drug-likeness (QED) is 0.620. The van der Waals surface area contributed by atoms with Gasteiger partial charge in [-0.3, -0.25) is 9.59 Å². The van der Waals surface area contributed by atoms with Crippen LogP contribution in [0.5, 0.6) is 0 Å². The zero-order chi connectivity index (χ0) is 16.8. The van der Waals surface area contributed by atoms with E-state index in [1.54, 1.807) is 6.92 Å². The van der Waals surface area contributed by atoms with Gasteiger partial charge in [-0.25, -0.2) is 8.42 Å². The maximum atomic E-state index is 11.9. The van der Waals surface area contributed by atoms with Crippen molar-refractivity contribution in [3.63, 3.8) is 0 Å². The SMILES string of the molecule is C#CCNS(=O)(=O)c1ccc(C(=O)NC(C)CC(=O)O)cc1. The van der Waals surface area contributed by atoms with Gasteiger partial charge in [-0.2, -0.15) is 4.72 Å². The third-order valence-electron chi connectivity index (χ3n) is 2.65. The highest BCUT2D eigenvalue weighted by Gasteiger charge is 2.15. The van der Waals surface area contributed by atoms with Crippen LogP contribution in [0.4, 0.5) is 0 Å². The molecule has 22 heavy (non-hydrogen) atoms. The number of sulfonamides is 1. The van der Waals surface area contributed by atoms with E-state index in [4.69, 9.17) is 11.5 Å². The average Bonchev–Trinajstić information content (AvgIpc) is 2.44. The molecule has 0 bridgehead atoms. The van der Waals surface area contributed by atoms with Crippen LogP contribution in [0.3, 0.4) is 0 Å². The van der Waals surface area contributed by atoms with Gasteiger partial charge < -0.3 is 10.4 Å². The van der Waals surface area contributed by atoms with Crippen LogP contribution in [-0.2, 0) is 14.8 Å². The Kier molecular flexibility index (Phi) is 6.10. The lowest BCUT2D eigenvalue weighted by Crippen LogP contribution is -2.34. The summed E-state index contributed by atoms with van der Waals surface area (Å²) in [6.07, 6.45) is 4.79. The lowest BCUT2D eigenvalue weighted by molar-refractivity contribution is -0.137. The maximum absolute atomic E-state index is 11.9. The molecule has 0 aliphatic rings. The van der Waals surface area contributed by atoms with Crippen molar-refractivity contribution in [3.05, 3.63) is 29.8 Å². The summed E-state index contributed by atoms with van der Waals surface area (Å²) in [5.74, 6) is 0.661. The Labute approximate surface area is 128 Å². The second-order valence-corrected chi connectivity index (χ2v) is 6.29. The number of carboxylic acid groups (broad SMARTS) is 1. The van der Waals surface area contributed by atoms with Gasteiger partial charge in [-0.05, 0) is 31.2 Å². The van der Waals surface area contributed by atoms with E-state index in [2.05, 4.69) is 16.0 Å². The number of aliphatic carboxylic acids is 1. The summed E-state index contributed by atoms with van der Waals surface area (Å²) in [5.41, 5.74) is 0.230. The van der Waals surface area contributed by atoms with Crippen LogP contribution < -0.4 is 10.0 Å². The Morgan fingerprint density at radius 2 is 1.91 bits per heavy atom. The maximum Gasteiger partial charge on any atom is 0.305 e. The van der Waals surface area contributed by atoms with Crippen molar-refractivity contribution in [3.8, 4) is 12.3 Å². The fourth-order valence-corrected chi connectivity index (χ4v) is 2.56. The largest absolute Gasteiger partial charge is 0.481 e. The third-order valence-corrected chi connectivity index (χ3v) is 4.07. The van der Waals surface area contributed by atoms with Gasteiger partial charge in [-0.15, -0.1) is 6.42 Å². The number of benzene rings is 1. The number of amides is 1. The Balaban J connectivity index is 2.78. The summed E-state index contributed by atoms with van der Waals surface area (Å²) in [5, 5.41) is 11.1. The molecule has 1 amide bonds. The normalized spacial score (nSPS) is 12.2. The van der Waals surface area contributed by atoms with E-state index in [0.717, 1.165) is 0 Å². The van der Waals surface area contributed by atoms with Crippen molar-refractivity contribution in [2.45, 2.75) is 24.3 Å². The smallest absolute Gasteiger partial charge is 0.305 e. The first-order chi connectivity index (χ1) is 10.3.